The van der Waals surface area contributed by atoms with Crippen molar-refractivity contribution in [2.75, 3.05) is 38.7 Å². The van der Waals surface area contributed by atoms with Crippen LogP contribution in [-0.2, 0) is 11.3 Å². The van der Waals surface area contributed by atoms with Gasteiger partial charge in [0.25, 0.3) is 5.91 Å². The minimum absolute atomic E-state index is 0.0469. The first-order chi connectivity index (χ1) is 15.4. The summed E-state index contributed by atoms with van der Waals surface area (Å²) in [5.74, 6) is 0.389. The van der Waals surface area contributed by atoms with Crippen molar-refractivity contribution >= 4 is 29.0 Å². The molecular weight excluding hydrogens is 424 g/mol. The molecule has 7 nitrogen and oxygen atoms in total. The molecule has 0 aliphatic carbocycles. The third kappa shape index (κ3) is 7.60. The van der Waals surface area contributed by atoms with Gasteiger partial charge in [-0.3, -0.25) is 4.79 Å². The number of benzene rings is 1. The van der Waals surface area contributed by atoms with Crippen molar-refractivity contribution in [3.05, 3.63) is 45.9 Å². The minimum Gasteiger partial charge on any atom is -0.383 e. The number of urea groups is 1. The Kier molecular flexibility index (Phi) is 10.6. The van der Waals surface area contributed by atoms with Gasteiger partial charge in [0.05, 0.1) is 13.2 Å². The molecule has 0 bridgehead atoms. The van der Waals surface area contributed by atoms with E-state index in [0.717, 1.165) is 36.6 Å². The molecule has 0 saturated carbocycles. The fourth-order valence-electron chi connectivity index (χ4n) is 3.27. The lowest BCUT2D eigenvalue weighted by molar-refractivity contribution is 0.0750. The molecular formula is C24H36N4O3S. The fourth-order valence-corrected chi connectivity index (χ4v) is 4.05. The Morgan fingerprint density at radius 3 is 2.28 bits per heavy atom. The van der Waals surface area contributed by atoms with Crippen molar-refractivity contribution in [1.29, 1.82) is 0 Å². The van der Waals surface area contributed by atoms with Gasteiger partial charge in [-0.15, -0.1) is 11.3 Å². The lowest BCUT2D eigenvalue weighted by Gasteiger charge is -2.22. The maximum absolute atomic E-state index is 12.9. The number of nitrogens with zero attached hydrogens (tertiary/aromatic N) is 3. The van der Waals surface area contributed by atoms with E-state index in [4.69, 9.17) is 4.74 Å². The molecule has 32 heavy (non-hydrogen) atoms. The molecule has 0 aliphatic heterocycles. The molecule has 8 heteroatoms. The van der Waals surface area contributed by atoms with Crippen molar-refractivity contribution in [3.8, 4) is 0 Å². The maximum atomic E-state index is 12.9. The maximum Gasteiger partial charge on any atom is 0.322 e. The SMILES string of the molecule is CCCN(CCC)C(=O)c1csc(CN(CCOC)C(=O)Nc2ccc(C(C)C)cc2)n1. The molecule has 2 rings (SSSR count). The van der Waals surface area contributed by atoms with Crippen LogP contribution in [0.1, 0.15) is 67.5 Å². The predicted molar refractivity (Wildman–Crippen MR) is 130 cm³/mol. The second-order valence-corrected chi connectivity index (χ2v) is 8.98. The molecule has 0 radical (unpaired) electrons. The Balaban J connectivity index is 2.08. The molecule has 1 heterocycles. The lowest BCUT2D eigenvalue weighted by atomic mass is 10.0. The van der Waals surface area contributed by atoms with Gasteiger partial charge in [0.15, 0.2) is 0 Å². The van der Waals surface area contributed by atoms with E-state index in [1.165, 1.54) is 16.9 Å². The molecule has 1 aromatic carbocycles. The number of hydrogen-bond donors (Lipinski definition) is 1. The second-order valence-electron chi connectivity index (χ2n) is 8.04. The van der Waals surface area contributed by atoms with Crippen LogP contribution in [0.4, 0.5) is 10.5 Å². The summed E-state index contributed by atoms with van der Waals surface area (Å²) >= 11 is 1.40. The van der Waals surface area contributed by atoms with Crippen LogP contribution in [-0.4, -0.2) is 60.1 Å². The first-order valence-electron chi connectivity index (χ1n) is 11.3. The van der Waals surface area contributed by atoms with Crippen molar-refractivity contribution in [2.45, 2.75) is 53.0 Å². The fraction of sp³-hybridized carbons (Fsp3) is 0.542. The highest BCUT2D eigenvalue weighted by atomic mass is 32.1. The number of anilines is 1. The second kappa shape index (κ2) is 13.2. The molecule has 0 atom stereocenters. The normalized spacial score (nSPS) is 10.9. The van der Waals surface area contributed by atoms with Crippen LogP contribution in [0.5, 0.6) is 0 Å². The van der Waals surface area contributed by atoms with Crippen molar-refractivity contribution in [1.82, 2.24) is 14.8 Å². The van der Waals surface area contributed by atoms with Gasteiger partial charge in [-0.1, -0.05) is 39.8 Å². The third-order valence-electron chi connectivity index (χ3n) is 5.05. The molecule has 1 aromatic heterocycles. The number of rotatable bonds is 12. The van der Waals surface area contributed by atoms with Crippen molar-refractivity contribution in [2.24, 2.45) is 0 Å². The Morgan fingerprint density at radius 2 is 1.72 bits per heavy atom. The Labute approximate surface area is 195 Å². The average molecular weight is 461 g/mol. The van der Waals surface area contributed by atoms with Crippen LogP contribution in [0.25, 0.3) is 0 Å². The van der Waals surface area contributed by atoms with E-state index in [-0.39, 0.29) is 11.9 Å². The molecule has 1 N–H and O–H groups in total. The predicted octanol–water partition coefficient (Wildman–Crippen LogP) is 5.21. The van der Waals surface area contributed by atoms with E-state index < -0.39 is 0 Å². The summed E-state index contributed by atoms with van der Waals surface area (Å²) in [6.45, 7) is 11.0. The smallest absolute Gasteiger partial charge is 0.322 e. The first kappa shape index (κ1) is 25.8. The Hall–Kier alpha value is -2.45. The molecule has 176 valence electrons. The van der Waals surface area contributed by atoms with Gasteiger partial charge in [-0.2, -0.15) is 0 Å². The molecule has 0 saturated heterocycles. The Morgan fingerprint density at radius 1 is 1.06 bits per heavy atom. The molecule has 3 amide bonds. The van der Waals surface area contributed by atoms with Crippen molar-refractivity contribution in [3.63, 3.8) is 0 Å². The van der Waals surface area contributed by atoms with Crippen LogP contribution in [0.15, 0.2) is 29.6 Å². The minimum atomic E-state index is -0.221. The zero-order valence-corrected chi connectivity index (χ0v) is 20.7. The first-order valence-corrected chi connectivity index (χ1v) is 12.2. The van der Waals surface area contributed by atoms with Crippen LogP contribution in [0.3, 0.4) is 0 Å². The van der Waals surface area contributed by atoms with E-state index >= 15 is 0 Å². The zero-order chi connectivity index (χ0) is 23.5. The summed E-state index contributed by atoms with van der Waals surface area (Å²) in [4.78, 5) is 33.8. The van der Waals surface area contributed by atoms with Gasteiger partial charge < -0.3 is 19.9 Å². The number of thiazole rings is 1. The number of nitrogens with one attached hydrogen (secondary N) is 1. The molecule has 0 aliphatic rings. The zero-order valence-electron chi connectivity index (χ0n) is 19.9. The van der Waals surface area contributed by atoms with Crippen LogP contribution in [0.2, 0.25) is 0 Å². The van der Waals surface area contributed by atoms with E-state index in [9.17, 15) is 9.59 Å². The standard InChI is InChI=1S/C24H36N4O3S/c1-6-12-27(13-7-2)23(29)21-17-32-22(26-21)16-28(14-15-31-5)24(30)25-20-10-8-19(9-11-20)18(3)4/h8-11,17-18H,6-7,12-16H2,1-5H3,(H,25,30). The summed E-state index contributed by atoms with van der Waals surface area (Å²) in [5, 5.41) is 5.46. The highest BCUT2D eigenvalue weighted by Gasteiger charge is 2.20. The quantitative estimate of drug-likeness (QED) is 0.472. The Bertz CT molecular complexity index is 845. The van der Waals surface area contributed by atoms with Gasteiger partial charge in [-0.25, -0.2) is 9.78 Å². The number of amides is 3. The topological polar surface area (TPSA) is 74.8 Å². The lowest BCUT2D eigenvalue weighted by Crippen LogP contribution is -2.37. The largest absolute Gasteiger partial charge is 0.383 e. The van der Waals surface area contributed by atoms with Gasteiger partial charge in [0.2, 0.25) is 0 Å². The summed E-state index contributed by atoms with van der Waals surface area (Å²) in [5.41, 5.74) is 2.41. The summed E-state index contributed by atoms with van der Waals surface area (Å²) in [6.07, 6.45) is 1.82. The van der Waals surface area contributed by atoms with Crippen LogP contribution in [0, 0.1) is 0 Å². The molecule has 0 spiro atoms. The molecule has 2 aromatic rings. The van der Waals surface area contributed by atoms with Crippen LogP contribution < -0.4 is 5.32 Å². The number of methoxy groups -OCH3 is 1. The van der Waals surface area contributed by atoms with E-state index in [0.29, 0.717) is 31.3 Å². The highest BCUT2D eigenvalue weighted by molar-refractivity contribution is 7.09. The monoisotopic (exact) mass is 460 g/mol. The molecule has 0 fully saturated rings. The number of ether oxygens (including phenoxy) is 1. The molecule has 0 unspecified atom stereocenters. The third-order valence-corrected chi connectivity index (χ3v) is 5.89. The van der Waals surface area contributed by atoms with E-state index in [1.54, 1.807) is 17.4 Å². The highest BCUT2D eigenvalue weighted by Crippen LogP contribution is 2.19. The number of carbonyl (C=O) groups is 2. The summed E-state index contributed by atoms with van der Waals surface area (Å²) in [6, 6.07) is 7.66. The van der Waals surface area contributed by atoms with Gasteiger partial charge in [0.1, 0.15) is 10.7 Å². The number of hydrogen-bond acceptors (Lipinski definition) is 5. The number of aromatic nitrogens is 1. The van der Waals surface area contributed by atoms with Gasteiger partial charge >= 0.3 is 6.03 Å². The van der Waals surface area contributed by atoms with Crippen molar-refractivity contribution < 1.29 is 14.3 Å². The average Bonchev–Trinajstić information content (AvgIpc) is 3.25. The van der Waals surface area contributed by atoms with E-state index in [1.807, 2.05) is 29.2 Å². The summed E-state index contributed by atoms with van der Waals surface area (Å²) < 4.78 is 5.18. The summed E-state index contributed by atoms with van der Waals surface area (Å²) in [7, 11) is 1.61. The number of carbonyl (C=O) groups excluding carboxylic acids is 2. The van der Waals surface area contributed by atoms with Gasteiger partial charge in [-0.05, 0) is 36.5 Å². The van der Waals surface area contributed by atoms with Gasteiger partial charge in [0, 0.05) is 37.8 Å². The van der Waals surface area contributed by atoms with E-state index in [2.05, 4.69) is 38.0 Å². The van der Waals surface area contributed by atoms with Crippen LogP contribution >= 0.6 is 11.3 Å².